The molecule has 2 N–H and O–H groups in total. The summed E-state index contributed by atoms with van der Waals surface area (Å²) in [5.74, 6) is -0.342. The van der Waals surface area contributed by atoms with E-state index < -0.39 is 11.8 Å². The van der Waals surface area contributed by atoms with Gasteiger partial charge in [-0.05, 0) is 37.6 Å². The summed E-state index contributed by atoms with van der Waals surface area (Å²) < 4.78 is 10.9. The van der Waals surface area contributed by atoms with Crippen LogP contribution in [0.4, 0.5) is 0 Å². The van der Waals surface area contributed by atoms with Gasteiger partial charge in [0.25, 0.3) is 0 Å². The van der Waals surface area contributed by atoms with Crippen LogP contribution in [0.1, 0.15) is 19.4 Å². The molecule has 1 aromatic rings. The van der Waals surface area contributed by atoms with E-state index in [1.807, 2.05) is 13.8 Å². The van der Waals surface area contributed by atoms with Crippen LogP contribution < -0.4 is 20.2 Å². The van der Waals surface area contributed by atoms with Crippen molar-refractivity contribution in [3.05, 3.63) is 23.8 Å². The number of benzene rings is 1. The molecular weight excluding hydrogens is 274 g/mol. The molecule has 114 valence electrons. The third-order valence-electron chi connectivity index (χ3n) is 2.38. The Hall–Kier alpha value is -2.57. The first-order valence-electron chi connectivity index (χ1n) is 6.57. The van der Waals surface area contributed by atoms with Crippen molar-refractivity contribution in [2.24, 2.45) is 5.10 Å². The van der Waals surface area contributed by atoms with Crippen LogP contribution in [0.3, 0.4) is 0 Å². The lowest BCUT2D eigenvalue weighted by Gasteiger charge is -2.11. The van der Waals surface area contributed by atoms with Crippen molar-refractivity contribution in [1.29, 1.82) is 0 Å². The van der Waals surface area contributed by atoms with Crippen LogP contribution in [0.15, 0.2) is 23.3 Å². The van der Waals surface area contributed by atoms with Gasteiger partial charge in [-0.3, -0.25) is 9.59 Å². The predicted molar refractivity (Wildman–Crippen MR) is 78.6 cm³/mol. The zero-order valence-corrected chi connectivity index (χ0v) is 12.3. The van der Waals surface area contributed by atoms with Gasteiger partial charge in [-0.15, -0.1) is 0 Å². The smallest absolute Gasteiger partial charge is 0.329 e. The van der Waals surface area contributed by atoms with Crippen molar-refractivity contribution in [1.82, 2.24) is 10.7 Å². The number of carbonyl (C=O) groups is 2. The van der Waals surface area contributed by atoms with Gasteiger partial charge in [0, 0.05) is 7.05 Å². The maximum atomic E-state index is 11.2. The highest BCUT2D eigenvalue weighted by atomic mass is 16.5. The number of rotatable bonds is 6. The fraction of sp³-hybridized carbons (Fsp3) is 0.357. The Labute approximate surface area is 123 Å². The summed E-state index contributed by atoms with van der Waals surface area (Å²) in [6, 6.07) is 5.27. The number of carbonyl (C=O) groups excluding carboxylic acids is 2. The SMILES string of the molecule is CCOc1ccc(/C=N\NC(=O)C(=O)NC)cc1OCC. The van der Waals surface area contributed by atoms with Gasteiger partial charge in [0.05, 0.1) is 19.4 Å². The fourth-order valence-electron chi connectivity index (χ4n) is 1.48. The van der Waals surface area contributed by atoms with E-state index in [1.54, 1.807) is 18.2 Å². The predicted octanol–water partition coefficient (Wildman–Crippen LogP) is 0.680. The molecule has 0 spiro atoms. The maximum absolute atomic E-state index is 11.2. The Morgan fingerprint density at radius 3 is 2.43 bits per heavy atom. The number of amides is 2. The van der Waals surface area contributed by atoms with Crippen LogP contribution in [0.5, 0.6) is 11.5 Å². The number of likely N-dealkylation sites (N-methyl/N-ethyl adjacent to an activating group) is 1. The summed E-state index contributed by atoms with van der Waals surface area (Å²) in [6.45, 7) is 4.81. The van der Waals surface area contributed by atoms with Crippen molar-refractivity contribution >= 4 is 18.0 Å². The maximum Gasteiger partial charge on any atom is 0.329 e. The highest BCUT2D eigenvalue weighted by molar-refractivity contribution is 6.34. The summed E-state index contributed by atoms with van der Waals surface area (Å²) in [6.07, 6.45) is 1.42. The van der Waals surface area contributed by atoms with E-state index in [4.69, 9.17) is 9.47 Å². The lowest BCUT2D eigenvalue weighted by atomic mass is 10.2. The van der Waals surface area contributed by atoms with Crippen molar-refractivity contribution < 1.29 is 19.1 Å². The van der Waals surface area contributed by atoms with E-state index >= 15 is 0 Å². The van der Waals surface area contributed by atoms with Crippen LogP contribution >= 0.6 is 0 Å². The van der Waals surface area contributed by atoms with Crippen LogP contribution in [0, 0.1) is 0 Å². The minimum Gasteiger partial charge on any atom is -0.490 e. The second kappa shape index (κ2) is 8.57. The molecule has 7 heteroatoms. The van der Waals surface area contributed by atoms with Crippen molar-refractivity contribution in [2.45, 2.75) is 13.8 Å². The molecule has 0 atom stereocenters. The first kappa shape index (κ1) is 16.5. The minimum atomic E-state index is -0.829. The van der Waals surface area contributed by atoms with E-state index in [0.29, 0.717) is 30.3 Å². The molecule has 21 heavy (non-hydrogen) atoms. The molecule has 1 rings (SSSR count). The van der Waals surface area contributed by atoms with Gasteiger partial charge < -0.3 is 14.8 Å². The average Bonchev–Trinajstić information content (AvgIpc) is 2.49. The lowest BCUT2D eigenvalue weighted by Crippen LogP contribution is -2.35. The summed E-state index contributed by atoms with van der Waals surface area (Å²) in [5, 5.41) is 5.91. The van der Waals surface area contributed by atoms with Crippen molar-refractivity contribution in [2.75, 3.05) is 20.3 Å². The highest BCUT2D eigenvalue weighted by Crippen LogP contribution is 2.27. The molecule has 0 heterocycles. The van der Waals surface area contributed by atoms with Gasteiger partial charge >= 0.3 is 11.8 Å². The second-order valence-electron chi connectivity index (χ2n) is 3.85. The molecule has 7 nitrogen and oxygen atoms in total. The largest absolute Gasteiger partial charge is 0.490 e. The third kappa shape index (κ3) is 5.13. The summed E-state index contributed by atoms with van der Waals surface area (Å²) in [4.78, 5) is 22.2. The summed E-state index contributed by atoms with van der Waals surface area (Å²) >= 11 is 0. The lowest BCUT2D eigenvalue weighted by molar-refractivity contribution is -0.138. The molecular formula is C14H19N3O4. The minimum absolute atomic E-state index is 0.508. The number of hydrogen-bond acceptors (Lipinski definition) is 5. The Morgan fingerprint density at radius 2 is 1.81 bits per heavy atom. The van der Waals surface area contributed by atoms with Gasteiger partial charge in [0.15, 0.2) is 11.5 Å². The Balaban J connectivity index is 2.77. The van der Waals surface area contributed by atoms with Crippen LogP contribution in [-0.4, -0.2) is 38.3 Å². The number of nitrogens with one attached hydrogen (secondary N) is 2. The van der Waals surface area contributed by atoms with Gasteiger partial charge in [0.1, 0.15) is 0 Å². The number of hydrazone groups is 1. The zero-order valence-electron chi connectivity index (χ0n) is 12.3. The molecule has 0 aromatic heterocycles. The molecule has 0 saturated carbocycles. The van der Waals surface area contributed by atoms with Crippen molar-refractivity contribution in [3.8, 4) is 11.5 Å². The molecule has 1 aromatic carbocycles. The van der Waals surface area contributed by atoms with Gasteiger partial charge in [0.2, 0.25) is 0 Å². The highest BCUT2D eigenvalue weighted by Gasteiger charge is 2.09. The molecule has 0 aliphatic carbocycles. The fourth-order valence-corrected chi connectivity index (χ4v) is 1.48. The van der Waals surface area contributed by atoms with Crippen molar-refractivity contribution in [3.63, 3.8) is 0 Å². The molecule has 0 aliphatic rings. The molecule has 0 bridgehead atoms. The molecule has 0 radical (unpaired) electrons. The Kier molecular flexibility index (Phi) is 6.73. The van der Waals surface area contributed by atoms with E-state index in [0.717, 1.165) is 0 Å². The van der Waals surface area contributed by atoms with Crippen LogP contribution in [0.25, 0.3) is 0 Å². The number of ether oxygens (including phenoxy) is 2. The molecule has 0 unspecified atom stereocenters. The molecule has 0 aliphatic heterocycles. The second-order valence-corrected chi connectivity index (χ2v) is 3.85. The first-order valence-corrected chi connectivity index (χ1v) is 6.57. The van der Waals surface area contributed by atoms with Gasteiger partial charge in [-0.2, -0.15) is 5.10 Å². The first-order chi connectivity index (χ1) is 10.1. The topological polar surface area (TPSA) is 89.0 Å². The molecule has 2 amide bonds. The molecule has 0 saturated heterocycles. The molecule has 0 fully saturated rings. The average molecular weight is 293 g/mol. The quantitative estimate of drug-likeness (QED) is 0.458. The monoisotopic (exact) mass is 293 g/mol. The van der Waals surface area contributed by atoms with E-state index in [1.165, 1.54) is 13.3 Å². The van der Waals surface area contributed by atoms with E-state index in [-0.39, 0.29) is 0 Å². The normalized spacial score (nSPS) is 10.2. The van der Waals surface area contributed by atoms with E-state index in [9.17, 15) is 9.59 Å². The zero-order chi connectivity index (χ0) is 15.7. The van der Waals surface area contributed by atoms with Crippen LogP contribution in [0.2, 0.25) is 0 Å². The standard InChI is InChI=1S/C14H19N3O4/c1-4-20-11-7-6-10(8-12(11)21-5-2)9-16-17-14(19)13(18)15-3/h6-9H,4-5H2,1-3H3,(H,15,18)(H,17,19)/b16-9-. The van der Waals surface area contributed by atoms with Gasteiger partial charge in [-0.25, -0.2) is 5.43 Å². The van der Waals surface area contributed by atoms with E-state index in [2.05, 4.69) is 15.8 Å². The summed E-state index contributed by atoms with van der Waals surface area (Å²) in [7, 11) is 1.37. The Morgan fingerprint density at radius 1 is 1.14 bits per heavy atom. The summed E-state index contributed by atoms with van der Waals surface area (Å²) in [5.41, 5.74) is 2.83. The van der Waals surface area contributed by atoms with Crippen LogP contribution in [-0.2, 0) is 9.59 Å². The Bertz CT molecular complexity index is 529. The number of hydrogen-bond donors (Lipinski definition) is 2. The third-order valence-corrected chi connectivity index (χ3v) is 2.38. The van der Waals surface area contributed by atoms with Gasteiger partial charge in [-0.1, -0.05) is 0 Å². The number of nitrogens with zero attached hydrogens (tertiary/aromatic N) is 1.